The van der Waals surface area contributed by atoms with Gasteiger partial charge in [-0.3, -0.25) is 0 Å². The first kappa shape index (κ1) is 13.3. The Bertz CT molecular complexity index is 308. The van der Waals surface area contributed by atoms with Crippen molar-refractivity contribution in [2.75, 3.05) is 26.1 Å². The van der Waals surface area contributed by atoms with Crippen molar-refractivity contribution in [3.8, 4) is 5.75 Å². The van der Waals surface area contributed by atoms with Crippen molar-refractivity contribution in [1.29, 1.82) is 0 Å². The minimum Gasteiger partial charge on any atom is -0.497 e. The zero-order valence-corrected chi connectivity index (χ0v) is 11.0. The molecule has 0 fully saturated rings. The van der Waals surface area contributed by atoms with Crippen LogP contribution in [0.15, 0.2) is 24.3 Å². The Kier molecular flexibility index (Phi) is 5.10. The highest BCUT2D eigenvalue weighted by molar-refractivity contribution is 6.18. The third-order valence-corrected chi connectivity index (χ3v) is 2.90. The highest BCUT2D eigenvalue weighted by Crippen LogP contribution is 2.24. The number of rotatable bonds is 6. The molecule has 1 N–H and O–H groups in total. The van der Waals surface area contributed by atoms with Crippen LogP contribution in [0.1, 0.15) is 19.4 Å². The first-order valence-corrected chi connectivity index (χ1v) is 6.05. The maximum Gasteiger partial charge on any atom is 0.118 e. The molecular weight excluding hydrogens is 222 g/mol. The molecule has 0 saturated heterocycles. The van der Waals surface area contributed by atoms with Gasteiger partial charge in [0, 0.05) is 24.4 Å². The maximum atomic E-state index is 5.64. The van der Waals surface area contributed by atoms with Crippen LogP contribution in [0, 0.1) is 0 Å². The maximum absolute atomic E-state index is 5.64. The summed E-state index contributed by atoms with van der Waals surface area (Å²) in [6.45, 7) is 6.21. The van der Waals surface area contributed by atoms with E-state index >= 15 is 0 Å². The van der Waals surface area contributed by atoms with Crippen molar-refractivity contribution < 1.29 is 4.74 Å². The lowest BCUT2D eigenvalue weighted by Crippen LogP contribution is -2.33. The summed E-state index contributed by atoms with van der Waals surface area (Å²) >= 11 is 5.64. The second-order valence-corrected chi connectivity index (χ2v) is 4.86. The predicted octanol–water partition coefficient (Wildman–Crippen LogP) is 2.80. The summed E-state index contributed by atoms with van der Waals surface area (Å²) in [7, 11) is 1.68. The molecule has 1 rings (SSSR count). The fourth-order valence-corrected chi connectivity index (χ4v) is 1.75. The fourth-order valence-electron chi connectivity index (χ4n) is 1.61. The molecule has 16 heavy (non-hydrogen) atoms. The minimum absolute atomic E-state index is 0.109. The van der Waals surface area contributed by atoms with Gasteiger partial charge in [-0.15, -0.1) is 11.6 Å². The van der Waals surface area contributed by atoms with Gasteiger partial charge >= 0.3 is 0 Å². The van der Waals surface area contributed by atoms with Crippen LogP contribution in [0.25, 0.3) is 0 Å². The van der Waals surface area contributed by atoms with E-state index in [1.54, 1.807) is 7.11 Å². The summed E-state index contributed by atoms with van der Waals surface area (Å²) in [5, 5.41) is 3.34. The van der Waals surface area contributed by atoms with Crippen molar-refractivity contribution in [3.05, 3.63) is 29.8 Å². The Labute approximate surface area is 103 Å². The van der Waals surface area contributed by atoms with Crippen LogP contribution < -0.4 is 10.1 Å². The van der Waals surface area contributed by atoms with E-state index in [-0.39, 0.29) is 5.41 Å². The van der Waals surface area contributed by atoms with Gasteiger partial charge in [-0.05, 0) is 17.7 Å². The third-order valence-electron chi connectivity index (χ3n) is 2.71. The van der Waals surface area contributed by atoms with Crippen LogP contribution in [-0.2, 0) is 5.41 Å². The van der Waals surface area contributed by atoms with Gasteiger partial charge in [-0.1, -0.05) is 26.0 Å². The molecule has 0 heterocycles. The lowest BCUT2D eigenvalue weighted by molar-refractivity contribution is 0.413. The van der Waals surface area contributed by atoms with Crippen LogP contribution in [0.4, 0.5) is 0 Å². The number of methoxy groups -OCH3 is 1. The topological polar surface area (TPSA) is 21.3 Å². The van der Waals surface area contributed by atoms with Crippen LogP contribution >= 0.6 is 11.6 Å². The lowest BCUT2D eigenvalue weighted by Gasteiger charge is -2.25. The first-order valence-electron chi connectivity index (χ1n) is 5.51. The van der Waals surface area contributed by atoms with Crippen molar-refractivity contribution in [1.82, 2.24) is 5.32 Å². The smallest absolute Gasteiger partial charge is 0.118 e. The molecular formula is C13H20ClNO. The normalized spacial score (nSPS) is 11.5. The number of nitrogens with one attached hydrogen (secondary N) is 1. The number of ether oxygens (including phenoxy) is 1. The van der Waals surface area contributed by atoms with Gasteiger partial charge in [0.15, 0.2) is 0 Å². The molecule has 0 spiro atoms. The molecule has 0 unspecified atom stereocenters. The SMILES string of the molecule is COc1ccc(C(C)(C)CNCCCl)cc1. The third kappa shape index (κ3) is 3.69. The van der Waals surface area contributed by atoms with E-state index < -0.39 is 0 Å². The zero-order chi connectivity index (χ0) is 12.0. The van der Waals surface area contributed by atoms with Gasteiger partial charge in [0.25, 0.3) is 0 Å². The summed E-state index contributed by atoms with van der Waals surface area (Å²) in [4.78, 5) is 0. The Morgan fingerprint density at radius 3 is 2.38 bits per heavy atom. The summed E-state index contributed by atoms with van der Waals surface area (Å²) in [5.41, 5.74) is 1.41. The largest absolute Gasteiger partial charge is 0.497 e. The number of halogens is 1. The molecule has 0 aliphatic heterocycles. The number of benzene rings is 1. The molecule has 1 aromatic rings. The van der Waals surface area contributed by atoms with Crippen LogP contribution in [0.2, 0.25) is 0 Å². The van der Waals surface area contributed by atoms with Gasteiger partial charge < -0.3 is 10.1 Å². The molecule has 0 aromatic heterocycles. The van der Waals surface area contributed by atoms with Gasteiger partial charge in [0.05, 0.1) is 7.11 Å². The van der Waals surface area contributed by atoms with Crippen LogP contribution in [0.5, 0.6) is 5.75 Å². The summed E-state index contributed by atoms with van der Waals surface area (Å²) in [6.07, 6.45) is 0. The molecule has 0 saturated carbocycles. The van der Waals surface area contributed by atoms with E-state index in [2.05, 4.69) is 31.3 Å². The summed E-state index contributed by atoms with van der Waals surface area (Å²) in [5.74, 6) is 1.55. The van der Waals surface area contributed by atoms with Crippen molar-refractivity contribution in [2.45, 2.75) is 19.3 Å². The van der Waals surface area contributed by atoms with E-state index in [4.69, 9.17) is 16.3 Å². The molecule has 0 aliphatic carbocycles. The van der Waals surface area contributed by atoms with E-state index in [0.29, 0.717) is 5.88 Å². The zero-order valence-electron chi connectivity index (χ0n) is 10.2. The predicted molar refractivity (Wildman–Crippen MR) is 69.6 cm³/mol. The Morgan fingerprint density at radius 1 is 1.25 bits per heavy atom. The second-order valence-electron chi connectivity index (χ2n) is 4.48. The van der Waals surface area contributed by atoms with Gasteiger partial charge in [0.2, 0.25) is 0 Å². The van der Waals surface area contributed by atoms with Gasteiger partial charge in [-0.2, -0.15) is 0 Å². The van der Waals surface area contributed by atoms with Crippen molar-refractivity contribution in [2.24, 2.45) is 0 Å². The Hall–Kier alpha value is -0.730. The molecule has 0 radical (unpaired) electrons. The van der Waals surface area contributed by atoms with Crippen molar-refractivity contribution in [3.63, 3.8) is 0 Å². The lowest BCUT2D eigenvalue weighted by atomic mass is 9.84. The first-order chi connectivity index (χ1) is 7.60. The van der Waals surface area contributed by atoms with E-state index in [1.807, 2.05) is 12.1 Å². The highest BCUT2D eigenvalue weighted by atomic mass is 35.5. The van der Waals surface area contributed by atoms with Crippen LogP contribution in [-0.4, -0.2) is 26.1 Å². The molecule has 0 amide bonds. The quantitative estimate of drug-likeness (QED) is 0.611. The number of alkyl halides is 1. The Morgan fingerprint density at radius 2 is 1.88 bits per heavy atom. The second kappa shape index (κ2) is 6.12. The molecule has 0 atom stereocenters. The average molecular weight is 242 g/mol. The molecule has 0 bridgehead atoms. The van der Waals surface area contributed by atoms with Gasteiger partial charge in [-0.25, -0.2) is 0 Å². The Balaban J connectivity index is 2.65. The molecule has 1 aromatic carbocycles. The summed E-state index contributed by atoms with van der Waals surface area (Å²) in [6, 6.07) is 8.22. The van der Waals surface area contributed by atoms with Gasteiger partial charge in [0.1, 0.15) is 5.75 Å². The number of hydrogen-bond acceptors (Lipinski definition) is 2. The van der Waals surface area contributed by atoms with E-state index in [0.717, 1.165) is 18.8 Å². The number of hydrogen-bond donors (Lipinski definition) is 1. The average Bonchev–Trinajstić information content (AvgIpc) is 2.29. The molecule has 3 heteroatoms. The minimum atomic E-state index is 0.109. The molecule has 90 valence electrons. The van der Waals surface area contributed by atoms with Crippen LogP contribution in [0.3, 0.4) is 0 Å². The van der Waals surface area contributed by atoms with E-state index in [9.17, 15) is 0 Å². The molecule has 0 aliphatic rings. The van der Waals surface area contributed by atoms with E-state index in [1.165, 1.54) is 5.56 Å². The monoisotopic (exact) mass is 241 g/mol. The van der Waals surface area contributed by atoms with Crippen molar-refractivity contribution >= 4 is 11.6 Å². The summed E-state index contributed by atoms with van der Waals surface area (Å²) < 4.78 is 5.15. The molecule has 2 nitrogen and oxygen atoms in total. The fraction of sp³-hybridized carbons (Fsp3) is 0.538. The highest BCUT2D eigenvalue weighted by Gasteiger charge is 2.19. The standard InChI is InChI=1S/C13H20ClNO/c1-13(2,10-15-9-8-14)11-4-6-12(16-3)7-5-11/h4-7,15H,8-10H2,1-3H3.